The van der Waals surface area contributed by atoms with Crippen molar-refractivity contribution in [3.8, 4) is 11.5 Å². The number of aromatic nitrogens is 4. The predicted molar refractivity (Wildman–Crippen MR) is 72.3 cm³/mol. The smallest absolute Gasteiger partial charge is 0.161 e. The van der Waals surface area contributed by atoms with Crippen LogP contribution < -0.4 is 9.47 Å². The molecule has 2 N–H and O–H groups in total. The highest BCUT2D eigenvalue weighted by Crippen LogP contribution is 2.27. The van der Waals surface area contributed by atoms with Gasteiger partial charge in [-0.05, 0) is 12.1 Å². The molecule has 0 aliphatic heterocycles. The highest BCUT2D eigenvalue weighted by atomic mass is 16.5. The van der Waals surface area contributed by atoms with Gasteiger partial charge in [-0.15, -0.1) is 0 Å². The van der Waals surface area contributed by atoms with E-state index in [2.05, 4.69) is 19.9 Å². The Morgan fingerprint density at radius 3 is 1.70 bits per heavy atom. The first-order valence-electron chi connectivity index (χ1n) is 6.23. The molecule has 0 saturated heterocycles. The zero-order chi connectivity index (χ0) is 13.6. The summed E-state index contributed by atoms with van der Waals surface area (Å²) in [5.41, 5.74) is 0. The Morgan fingerprint density at radius 1 is 0.800 bits per heavy atom. The molecule has 0 amide bonds. The molecule has 2 heterocycles. The van der Waals surface area contributed by atoms with E-state index in [1.54, 1.807) is 24.8 Å². The van der Waals surface area contributed by atoms with Gasteiger partial charge < -0.3 is 19.4 Å². The normalized spacial score (nSPS) is 10.4. The van der Waals surface area contributed by atoms with E-state index >= 15 is 0 Å². The largest absolute Gasteiger partial charge is 0.482 e. The Kier molecular flexibility index (Phi) is 3.64. The molecule has 0 atom stereocenters. The molecule has 0 spiro atoms. The van der Waals surface area contributed by atoms with Crippen LogP contribution in [0.2, 0.25) is 0 Å². The Labute approximate surface area is 115 Å². The average Bonchev–Trinajstić information content (AvgIpc) is 3.17. The van der Waals surface area contributed by atoms with Crippen molar-refractivity contribution >= 4 is 0 Å². The minimum atomic E-state index is 0.369. The fourth-order valence-corrected chi connectivity index (χ4v) is 1.73. The first kappa shape index (κ1) is 12.3. The van der Waals surface area contributed by atoms with Crippen LogP contribution in [0.5, 0.6) is 11.5 Å². The van der Waals surface area contributed by atoms with Crippen LogP contribution in [0.1, 0.15) is 11.6 Å². The SMILES string of the molecule is c1ccc(OCc2ncc[nH]2)c(OCc2ncc[nH]2)c1. The Hall–Kier alpha value is -2.76. The molecule has 0 radical (unpaired) electrons. The maximum absolute atomic E-state index is 5.70. The third kappa shape index (κ3) is 2.97. The molecule has 0 unspecified atom stereocenters. The lowest BCUT2D eigenvalue weighted by molar-refractivity contribution is 0.248. The summed E-state index contributed by atoms with van der Waals surface area (Å²) in [6, 6.07) is 7.52. The van der Waals surface area contributed by atoms with Crippen LogP contribution in [0.15, 0.2) is 49.1 Å². The maximum atomic E-state index is 5.70. The molecular weight excluding hydrogens is 256 g/mol. The van der Waals surface area contributed by atoms with Crippen LogP contribution in [0.4, 0.5) is 0 Å². The van der Waals surface area contributed by atoms with Crippen molar-refractivity contribution in [2.75, 3.05) is 0 Å². The van der Waals surface area contributed by atoms with E-state index in [1.165, 1.54) is 0 Å². The lowest BCUT2D eigenvalue weighted by Gasteiger charge is -2.11. The zero-order valence-electron chi connectivity index (χ0n) is 10.7. The molecule has 3 aromatic rings. The van der Waals surface area contributed by atoms with Gasteiger partial charge in [0, 0.05) is 24.8 Å². The Morgan fingerprint density at radius 2 is 1.30 bits per heavy atom. The summed E-state index contributed by atoms with van der Waals surface area (Å²) in [7, 11) is 0. The highest BCUT2D eigenvalue weighted by Gasteiger charge is 2.06. The third-order valence-corrected chi connectivity index (χ3v) is 2.69. The molecule has 2 aromatic heterocycles. The summed E-state index contributed by atoms with van der Waals surface area (Å²) >= 11 is 0. The predicted octanol–water partition coefficient (Wildman–Crippen LogP) is 2.29. The number of rotatable bonds is 6. The van der Waals surface area contributed by atoms with E-state index in [9.17, 15) is 0 Å². The minimum absolute atomic E-state index is 0.369. The molecule has 0 fully saturated rings. The Bertz CT molecular complexity index is 578. The van der Waals surface area contributed by atoms with Crippen LogP contribution >= 0.6 is 0 Å². The molecule has 0 aliphatic rings. The fourth-order valence-electron chi connectivity index (χ4n) is 1.73. The number of imidazole rings is 2. The van der Waals surface area contributed by atoms with E-state index < -0.39 is 0 Å². The Balaban J connectivity index is 1.64. The van der Waals surface area contributed by atoms with Gasteiger partial charge in [0.2, 0.25) is 0 Å². The van der Waals surface area contributed by atoms with E-state index in [1.807, 2.05) is 24.3 Å². The fraction of sp³-hybridized carbons (Fsp3) is 0.143. The second-order valence-corrected chi connectivity index (χ2v) is 4.10. The van der Waals surface area contributed by atoms with Crippen LogP contribution in [0.25, 0.3) is 0 Å². The summed E-state index contributed by atoms with van der Waals surface area (Å²) < 4.78 is 11.4. The summed E-state index contributed by atoms with van der Waals surface area (Å²) in [6.45, 7) is 0.738. The second kappa shape index (κ2) is 5.92. The standard InChI is InChI=1S/C14H14N4O2/c1-2-4-12(20-10-14-17-7-8-18-14)11(3-1)19-9-13-15-5-6-16-13/h1-8H,9-10H2,(H,15,16)(H,17,18). The van der Waals surface area contributed by atoms with Crippen LogP contribution in [0, 0.1) is 0 Å². The second-order valence-electron chi connectivity index (χ2n) is 4.10. The van der Waals surface area contributed by atoms with Crippen LogP contribution in [-0.4, -0.2) is 19.9 Å². The number of nitrogens with one attached hydrogen (secondary N) is 2. The monoisotopic (exact) mass is 270 g/mol. The molecule has 20 heavy (non-hydrogen) atoms. The molecule has 0 aliphatic carbocycles. The topological polar surface area (TPSA) is 75.8 Å². The van der Waals surface area contributed by atoms with Crippen LogP contribution in [-0.2, 0) is 13.2 Å². The molecule has 0 saturated carbocycles. The number of hydrogen-bond acceptors (Lipinski definition) is 4. The minimum Gasteiger partial charge on any atom is -0.482 e. The van der Waals surface area contributed by atoms with E-state index in [4.69, 9.17) is 9.47 Å². The van der Waals surface area contributed by atoms with Crippen molar-refractivity contribution in [1.29, 1.82) is 0 Å². The van der Waals surface area contributed by atoms with E-state index in [-0.39, 0.29) is 0 Å². The molecule has 1 aromatic carbocycles. The molecule has 6 heteroatoms. The van der Waals surface area contributed by atoms with Gasteiger partial charge in [0.1, 0.15) is 24.9 Å². The van der Waals surface area contributed by atoms with Gasteiger partial charge in [-0.3, -0.25) is 0 Å². The van der Waals surface area contributed by atoms with Crippen molar-refractivity contribution in [3.63, 3.8) is 0 Å². The molecule has 6 nitrogen and oxygen atoms in total. The third-order valence-electron chi connectivity index (χ3n) is 2.69. The highest BCUT2D eigenvalue weighted by molar-refractivity contribution is 5.39. The number of H-pyrrole nitrogens is 2. The maximum Gasteiger partial charge on any atom is 0.161 e. The number of hydrogen-bond donors (Lipinski definition) is 2. The van der Waals surface area contributed by atoms with E-state index in [0.29, 0.717) is 24.7 Å². The zero-order valence-corrected chi connectivity index (χ0v) is 10.7. The van der Waals surface area contributed by atoms with Gasteiger partial charge in [0.25, 0.3) is 0 Å². The first-order chi connectivity index (χ1) is 9.92. The quantitative estimate of drug-likeness (QED) is 0.720. The number of ether oxygens (including phenoxy) is 2. The van der Waals surface area contributed by atoms with Gasteiger partial charge in [-0.1, -0.05) is 12.1 Å². The van der Waals surface area contributed by atoms with Crippen molar-refractivity contribution < 1.29 is 9.47 Å². The van der Waals surface area contributed by atoms with Gasteiger partial charge in [-0.2, -0.15) is 0 Å². The van der Waals surface area contributed by atoms with Crippen molar-refractivity contribution in [2.24, 2.45) is 0 Å². The molecular formula is C14H14N4O2. The summed E-state index contributed by atoms with van der Waals surface area (Å²) in [6.07, 6.45) is 6.91. The summed E-state index contributed by atoms with van der Waals surface area (Å²) in [4.78, 5) is 14.2. The molecule has 0 bridgehead atoms. The number of para-hydroxylation sites is 2. The summed E-state index contributed by atoms with van der Waals surface area (Å²) in [5, 5.41) is 0. The van der Waals surface area contributed by atoms with Crippen molar-refractivity contribution in [3.05, 3.63) is 60.7 Å². The van der Waals surface area contributed by atoms with Crippen molar-refractivity contribution in [2.45, 2.75) is 13.2 Å². The number of aromatic amines is 2. The molecule has 102 valence electrons. The number of benzene rings is 1. The average molecular weight is 270 g/mol. The van der Waals surface area contributed by atoms with Gasteiger partial charge >= 0.3 is 0 Å². The number of nitrogens with zero attached hydrogens (tertiary/aromatic N) is 2. The van der Waals surface area contributed by atoms with Crippen LogP contribution in [0.3, 0.4) is 0 Å². The summed E-state index contributed by atoms with van der Waals surface area (Å²) in [5.74, 6) is 2.89. The van der Waals surface area contributed by atoms with Gasteiger partial charge in [0.05, 0.1) is 0 Å². The first-order valence-corrected chi connectivity index (χ1v) is 6.23. The molecule has 3 rings (SSSR count). The lowest BCUT2D eigenvalue weighted by Crippen LogP contribution is -2.02. The van der Waals surface area contributed by atoms with Gasteiger partial charge in [-0.25, -0.2) is 9.97 Å². The van der Waals surface area contributed by atoms with E-state index in [0.717, 1.165) is 11.6 Å². The van der Waals surface area contributed by atoms with Crippen molar-refractivity contribution in [1.82, 2.24) is 19.9 Å². The lowest BCUT2D eigenvalue weighted by atomic mass is 10.3. The van der Waals surface area contributed by atoms with Gasteiger partial charge in [0.15, 0.2) is 11.5 Å².